The van der Waals surface area contributed by atoms with Gasteiger partial charge >= 0.3 is 11.9 Å². The predicted molar refractivity (Wildman–Crippen MR) is 105 cm³/mol. The number of ether oxygens (including phenoxy) is 3. The molecule has 1 aliphatic heterocycles. The Labute approximate surface area is 167 Å². The van der Waals surface area contributed by atoms with E-state index in [2.05, 4.69) is 0 Å². The maximum atomic E-state index is 12.5. The summed E-state index contributed by atoms with van der Waals surface area (Å²) >= 11 is 0. The largest absolute Gasteiger partial charge is 0.459 e. The Hall–Kier alpha value is -1.66. The fraction of sp³-hybridized carbons (Fsp3) is 0.727. The quantitative estimate of drug-likeness (QED) is 0.341. The number of epoxide rings is 1. The lowest BCUT2D eigenvalue weighted by atomic mass is 9.77. The summed E-state index contributed by atoms with van der Waals surface area (Å²) in [4.78, 5) is 24.4. The molecule has 6 heteroatoms. The highest BCUT2D eigenvalue weighted by atomic mass is 16.6. The number of hydrogen-bond acceptors (Lipinski definition) is 6. The van der Waals surface area contributed by atoms with Crippen molar-refractivity contribution in [3.8, 4) is 0 Å². The van der Waals surface area contributed by atoms with E-state index in [1.54, 1.807) is 19.9 Å². The summed E-state index contributed by atoms with van der Waals surface area (Å²) in [6.45, 7) is 12.6. The smallest absolute Gasteiger partial charge is 0.333 e. The zero-order valence-corrected chi connectivity index (χ0v) is 18.0. The summed E-state index contributed by atoms with van der Waals surface area (Å²) in [5.41, 5.74) is 0.816. The minimum Gasteiger partial charge on any atom is -0.459 e. The number of allylic oxidation sites excluding steroid dienone is 2. The predicted octanol–water partition coefficient (Wildman–Crippen LogP) is 3.33. The van der Waals surface area contributed by atoms with E-state index in [4.69, 9.17) is 14.2 Å². The van der Waals surface area contributed by atoms with Gasteiger partial charge in [-0.15, -0.1) is 0 Å². The third kappa shape index (κ3) is 4.84. The molecule has 2 rings (SSSR count). The molecule has 6 atom stereocenters. The Balaban J connectivity index is 2.51. The average molecular weight is 395 g/mol. The van der Waals surface area contributed by atoms with E-state index in [9.17, 15) is 14.7 Å². The molecular formula is C22H34O6. The number of aliphatic hydroxyl groups is 1. The van der Waals surface area contributed by atoms with Crippen LogP contribution in [-0.4, -0.2) is 47.1 Å². The Morgan fingerprint density at radius 1 is 1.29 bits per heavy atom. The van der Waals surface area contributed by atoms with Crippen molar-refractivity contribution in [1.29, 1.82) is 0 Å². The summed E-state index contributed by atoms with van der Waals surface area (Å²) in [5, 5.41) is 11.1. The monoisotopic (exact) mass is 394 g/mol. The molecule has 1 N–H and O–H groups in total. The maximum absolute atomic E-state index is 12.5. The van der Waals surface area contributed by atoms with E-state index < -0.39 is 36.2 Å². The third-order valence-corrected chi connectivity index (χ3v) is 5.95. The molecule has 1 saturated heterocycles. The lowest BCUT2D eigenvalue weighted by molar-refractivity contribution is -0.169. The van der Waals surface area contributed by atoms with Gasteiger partial charge in [0.2, 0.25) is 0 Å². The first kappa shape index (κ1) is 22.6. The molecule has 1 aliphatic carbocycles. The van der Waals surface area contributed by atoms with Crippen LogP contribution in [0.2, 0.25) is 0 Å². The number of aliphatic hydroxyl groups excluding tert-OH is 1. The van der Waals surface area contributed by atoms with Gasteiger partial charge in [0.25, 0.3) is 0 Å². The van der Waals surface area contributed by atoms with Crippen LogP contribution < -0.4 is 0 Å². The van der Waals surface area contributed by atoms with Crippen LogP contribution in [0.1, 0.15) is 61.3 Å². The van der Waals surface area contributed by atoms with Crippen LogP contribution in [0.25, 0.3) is 0 Å². The van der Waals surface area contributed by atoms with Crippen molar-refractivity contribution >= 4 is 11.9 Å². The summed E-state index contributed by atoms with van der Waals surface area (Å²) in [5.74, 6) is -1.34. The van der Waals surface area contributed by atoms with E-state index in [0.717, 1.165) is 18.4 Å². The van der Waals surface area contributed by atoms with Crippen molar-refractivity contribution in [3.05, 3.63) is 23.3 Å². The fourth-order valence-corrected chi connectivity index (χ4v) is 4.01. The Morgan fingerprint density at radius 3 is 2.46 bits per heavy atom. The molecule has 0 radical (unpaired) electrons. The normalized spacial score (nSPS) is 38.1. The minimum absolute atomic E-state index is 0.0246. The molecule has 0 aromatic heterocycles. The van der Waals surface area contributed by atoms with Crippen LogP contribution in [0.15, 0.2) is 23.3 Å². The van der Waals surface area contributed by atoms with Gasteiger partial charge in [0, 0.05) is 18.4 Å². The van der Waals surface area contributed by atoms with Crippen molar-refractivity contribution < 1.29 is 28.9 Å². The lowest BCUT2D eigenvalue weighted by Crippen LogP contribution is -2.50. The molecule has 158 valence electrons. The van der Waals surface area contributed by atoms with E-state index in [1.165, 1.54) is 6.92 Å². The second-order valence-corrected chi connectivity index (χ2v) is 8.52. The molecule has 1 heterocycles. The standard InChI is InChI=1S/C22H34O6/c1-8-13(4)21(25)27-18-16(12(2)3)19(26-15(6)23)20-22(7,28-20)11-9-10-14(5)17(18)24/h8,10,12,16-20,24H,9,11H2,1-7H3/b13-8+,14-10+/t16-,17+,18-,19-,20+,22+/m0/s1. The highest BCUT2D eigenvalue weighted by Gasteiger charge is 2.61. The first-order valence-electron chi connectivity index (χ1n) is 10.1. The molecular weight excluding hydrogens is 360 g/mol. The minimum atomic E-state index is -0.984. The van der Waals surface area contributed by atoms with Crippen molar-refractivity contribution in [2.24, 2.45) is 11.8 Å². The first-order chi connectivity index (χ1) is 13.0. The molecule has 6 nitrogen and oxygen atoms in total. The maximum Gasteiger partial charge on any atom is 0.333 e. The summed E-state index contributed by atoms with van der Waals surface area (Å²) in [6.07, 6.45) is 2.42. The zero-order valence-electron chi connectivity index (χ0n) is 18.0. The van der Waals surface area contributed by atoms with Crippen molar-refractivity contribution in [1.82, 2.24) is 0 Å². The number of rotatable bonds is 4. The topological polar surface area (TPSA) is 85.4 Å². The number of carbonyl (C=O) groups is 2. The van der Waals surface area contributed by atoms with Crippen LogP contribution in [0.3, 0.4) is 0 Å². The lowest BCUT2D eigenvalue weighted by Gasteiger charge is -2.38. The summed E-state index contributed by atoms with van der Waals surface area (Å²) in [6, 6.07) is 0. The molecule has 0 unspecified atom stereocenters. The Kier molecular flexibility index (Phi) is 7.10. The summed E-state index contributed by atoms with van der Waals surface area (Å²) < 4.78 is 17.5. The fourth-order valence-electron chi connectivity index (χ4n) is 4.01. The number of carbonyl (C=O) groups excluding carboxylic acids is 2. The van der Waals surface area contributed by atoms with Gasteiger partial charge in [-0.25, -0.2) is 4.79 Å². The van der Waals surface area contributed by atoms with Crippen LogP contribution >= 0.6 is 0 Å². The molecule has 0 amide bonds. The average Bonchev–Trinajstić information content (AvgIpc) is 3.28. The van der Waals surface area contributed by atoms with Crippen LogP contribution in [0.4, 0.5) is 0 Å². The van der Waals surface area contributed by atoms with Gasteiger partial charge < -0.3 is 19.3 Å². The summed E-state index contributed by atoms with van der Waals surface area (Å²) in [7, 11) is 0. The van der Waals surface area contributed by atoms with E-state index in [1.807, 2.05) is 33.8 Å². The van der Waals surface area contributed by atoms with E-state index in [0.29, 0.717) is 5.57 Å². The second kappa shape index (κ2) is 8.78. The van der Waals surface area contributed by atoms with Gasteiger partial charge in [0.1, 0.15) is 24.4 Å². The van der Waals surface area contributed by atoms with E-state index >= 15 is 0 Å². The Bertz CT molecular complexity index is 664. The van der Waals surface area contributed by atoms with Gasteiger partial charge in [0.15, 0.2) is 0 Å². The molecule has 0 bridgehead atoms. The van der Waals surface area contributed by atoms with Gasteiger partial charge in [-0.2, -0.15) is 0 Å². The Morgan fingerprint density at radius 2 is 1.93 bits per heavy atom. The number of esters is 2. The number of fused-ring (bicyclic) bond motifs is 1. The van der Waals surface area contributed by atoms with Crippen LogP contribution in [0, 0.1) is 11.8 Å². The second-order valence-electron chi connectivity index (χ2n) is 8.52. The van der Waals surface area contributed by atoms with Crippen LogP contribution in [0.5, 0.6) is 0 Å². The molecule has 0 spiro atoms. The molecule has 2 aliphatic rings. The highest BCUT2D eigenvalue weighted by Crippen LogP contribution is 2.48. The van der Waals surface area contributed by atoms with Gasteiger partial charge in [-0.05, 0) is 52.0 Å². The molecule has 28 heavy (non-hydrogen) atoms. The van der Waals surface area contributed by atoms with Crippen LogP contribution in [-0.2, 0) is 23.8 Å². The third-order valence-electron chi connectivity index (χ3n) is 5.95. The zero-order chi connectivity index (χ0) is 21.2. The van der Waals surface area contributed by atoms with E-state index in [-0.39, 0.29) is 17.6 Å². The molecule has 0 saturated carbocycles. The highest BCUT2D eigenvalue weighted by molar-refractivity contribution is 5.87. The van der Waals surface area contributed by atoms with Crippen molar-refractivity contribution in [3.63, 3.8) is 0 Å². The molecule has 1 fully saturated rings. The van der Waals surface area contributed by atoms with Crippen molar-refractivity contribution in [2.75, 3.05) is 0 Å². The van der Waals surface area contributed by atoms with Gasteiger partial charge in [-0.3, -0.25) is 4.79 Å². The van der Waals surface area contributed by atoms with Gasteiger partial charge in [0.05, 0.1) is 5.60 Å². The first-order valence-corrected chi connectivity index (χ1v) is 10.1. The molecule has 0 aromatic rings. The SMILES string of the molecule is C/C=C(\C)C(=O)O[C@H]1[C@H](C(C)C)[C@H](OC(C)=O)[C@H]2O[C@]2(C)CC/C=C(\C)[C@H]1O. The number of hydrogen-bond donors (Lipinski definition) is 1. The van der Waals surface area contributed by atoms with Crippen molar-refractivity contribution in [2.45, 2.75) is 91.3 Å². The molecule has 0 aromatic carbocycles. The van der Waals surface area contributed by atoms with Gasteiger partial charge in [-0.1, -0.05) is 26.0 Å².